The minimum absolute atomic E-state index is 0.00414. The molecule has 0 amide bonds. The molecular weight excluding hydrogens is 404 g/mol. The molecular formula is C23H34O2S3. The molecule has 2 rings (SSSR count). The van der Waals surface area contributed by atoms with Crippen molar-refractivity contribution in [3.8, 4) is 0 Å². The second-order valence-corrected chi connectivity index (χ2v) is 13.4. The number of sulfone groups is 1. The van der Waals surface area contributed by atoms with Crippen LogP contribution in [0.4, 0.5) is 0 Å². The van der Waals surface area contributed by atoms with E-state index in [2.05, 4.69) is 50.0 Å². The van der Waals surface area contributed by atoms with Gasteiger partial charge in [-0.3, -0.25) is 0 Å². The average molecular weight is 439 g/mol. The van der Waals surface area contributed by atoms with Gasteiger partial charge in [0.1, 0.15) is 0 Å². The van der Waals surface area contributed by atoms with Crippen molar-refractivity contribution in [1.82, 2.24) is 0 Å². The topological polar surface area (TPSA) is 34.1 Å². The highest BCUT2D eigenvalue weighted by molar-refractivity contribution is 8.18. The molecule has 0 radical (unpaired) electrons. The zero-order chi connectivity index (χ0) is 20.6. The Morgan fingerprint density at radius 1 is 1.21 bits per heavy atom. The Balaban J connectivity index is 1.87. The van der Waals surface area contributed by atoms with Crippen LogP contribution < -0.4 is 0 Å². The zero-order valence-electron chi connectivity index (χ0n) is 17.4. The Morgan fingerprint density at radius 3 is 2.46 bits per heavy atom. The van der Waals surface area contributed by atoms with Gasteiger partial charge in [0.15, 0.2) is 9.84 Å². The quantitative estimate of drug-likeness (QED) is 0.379. The SMILES string of the molecule is C=C(C)C(CC/C(C)=C/CCC1(C)SCCCS1)CS(=O)(=O)c1ccccc1. The number of rotatable bonds is 10. The van der Waals surface area contributed by atoms with Crippen molar-refractivity contribution in [2.45, 2.75) is 61.8 Å². The molecule has 1 aromatic carbocycles. The number of hydrogen-bond donors (Lipinski definition) is 0. The molecule has 1 unspecified atom stereocenters. The molecule has 0 aromatic heterocycles. The maximum atomic E-state index is 12.7. The Hall–Kier alpha value is -0.650. The average Bonchev–Trinajstić information content (AvgIpc) is 2.66. The van der Waals surface area contributed by atoms with E-state index in [1.54, 1.807) is 24.3 Å². The van der Waals surface area contributed by atoms with E-state index in [0.717, 1.165) is 24.8 Å². The summed E-state index contributed by atoms with van der Waals surface area (Å²) in [4.78, 5) is 0.407. The van der Waals surface area contributed by atoms with E-state index in [-0.39, 0.29) is 11.7 Å². The summed E-state index contributed by atoms with van der Waals surface area (Å²) in [6, 6.07) is 8.75. The normalized spacial score (nSPS) is 18.6. The molecule has 1 saturated heterocycles. The van der Waals surface area contributed by atoms with Gasteiger partial charge in [0, 0.05) is 0 Å². The zero-order valence-corrected chi connectivity index (χ0v) is 19.9. The second-order valence-electron chi connectivity index (χ2n) is 7.95. The molecule has 1 aliphatic rings. The van der Waals surface area contributed by atoms with E-state index in [0.29, 0.717) is 8.97 Å². The highest BCUT2D eigenvalue weighted by Gasteiger charge is 2.27. The predicted molar refractivity (Wildman–Crippen MR) is 127 cm³/mol. The molecule has 1 aliphatic heterocycles. The van der Waals surface area contributed by atoms with Gasteiger partial charge < -0.3 is 0 Å². The van der Waals surface area contributed by atoms with Gasteiger partial charge in [-0.25, -0.2) is 8.42 Å². The van der Waals surface area contributed by atoms with E-state index in [1.165, 1.54) is 29.9 Å². The lowest BCUT2D eigenvalue weighted by Gasteiger charge is -2.32. The molecule has 0 aliphatic carbocycles. The van der Waals surface area contributed by atoms with Crippen LogP contribution in [0.3, 0.4) is 0 Å². The summed E-state index contributed by atoms with van der Waals surface area (Å²) in [6.07, 6.45) is 7.74. The Labute approximate surface area is 180 Å². The molecule has 0 bridgehead atoms. The van der Waals surface area contributed by atoms with Gasteiger partial charge in [0.05, 0.1) is 14.7 Å². The first-order valence-electron chi connectivity index (χ1n) is 10.1. The minimum Gasteiger partial charge on any atom is -0.224 e. The van der Waals surface area contributed by atoms with E-state index in [1.807, 2.05) is 13.0 Å². The van der Waals surface area contributed by atoms with Crippen molar-refractivity contribution in [2.24, 2.45) is 5.92 Å². The fourth-order valence-corrected chi connectivity index (χ4v) is 8.09. The Bertz CT molecular complexity index is 760. The van der Waals surface area contributed by atoms with E-state index < -0.39 is 9.84 Å². The van der Waals surface area contributed by atoms with E-state index in [4.69, 9.17) is 0 Å². The van der Waals surface area contributed by atoms with Crippen molar-refractivity contribution in [2.75, 3.05) is 17.3 Å². The molecule has 1 heterocycles. The lowest BCUT2D eigenvalue weighted by atomic mass is 9.95. The van der Waals surface area contributed by atoms with Crippen molar-refractivity contribution >= 4 is 33.4 Å². The van der Waals surface area contributed by atoms with Crippen LogP contribution in [0.2, 0.25) is 0 Å². The summed E-state index contributed by atoms with van der Waals surface area (Å²) in [5.41, 5.74) is 2.31. The number of benzene rings is 1. The minimum atomic E-state index is -3.28. The van der Waals surface area contributed by atoms with Crippen molar-refractivity contribution < 1.29 is 8.42 Å². The van der Waals surface area contributed by atoms with Gasteiger partial charge in [-0.15, -0.1) is 23.5 Å². The van der Waals surface area contributed by atoms with Crippen molar-refractivity contribution in [3.63, 3.8) is 0 Å². The fraction of sp³-hybridized carbons (Fsp3) is 0.565. The van der Waals surface area contributed by atoms with Gasteiger partial charge in [0.2, 0.25) is 0 Å². The second kappa shape index (κ2) is 10.9. The first-order chi connectivity index (χ1) is 13.2. The van der Waals surface area contributed by atoms with E-state index in [9.17, 15) is 8.42 Å². The van der Waals surface area contributed by atoms with Crippen LogP contribution in [0, 0.1) is 5.92 Å². The molecule has 0 saturated carbocycles. The molecule has 1 atom stereocenters. The third-order valence-electron chi connectivity index (χ3n) is 5.30. The van der Waals surface area contributed by atoms with Crippen LogP contribution in [0.5, 0.6) is 0 Å². The van der Waals surface area contributed by atoms with Crippen LogP contribution in [-0.2, 0) is 9.84 Å². The van der Waals surface area contributed by atoms with Crippen LogP contribution in [0.15, 0.2) is 59.0 Å². The third kappa shape index (κ3) is 7.64. The van der Waals surface area contributed by atoms with Gasteiger partial charge in [-0.1, -0.05) is 42.0 Å². The predicted octanol–water partition coefficient (Wildman–Crippen LogP) is 6.75. The Morgan fingerprint density at radius 2 is 1.86 bits per heavy atom. The monoisotopic (exact) mass is 438 g/mol. The molecule has 2 nitrogen and oxygen atoms in total. The standard InChI is InChI=1S/C23H34O2S3/c1-19(2)21(18-28(24,25)22-11-6-5-7-12-22)14-13-20(3)10-8-15-23(4)26-16-9-17-27-23/h5-7,10-12,21H,1,8-9,13-18H2,2-4H3/b20-10+. The van der Waals surface area contributed by atoms with Crippen molar-refractivity contribution in [1.29, 1.82) is 0 Å². The highest BCUT2D eigenvalue weighted by atomic mass is 32.2. The van der Waals surface area contributed by atoms with Crippen molar-refractivity contribution in [3.05, 3.63) is 54.1 Å². The summed E-state index contributed by atoms with van der Waals surface area (Å²) in [5, 5.41) is 0. The summed E-state index contributed by atoms with van der Waals surface area (Å²) < 4.78 is 25.8. The van der Waals surface area contributed by atoms with Crippen LogP contribution in [0.1, 0.15) is 52.9 Å². The number of allylic oxidation sites excluding steroid dienone is 3. The number of thioether (sulfide) groups is 2. The first-order valence-corrected chi connectivity index (χ1v) is 13.7. The maximum Gasteiger partial charge on any atom is 0.178 e. The summed E-state index contributed by atoms with van der Waals surface area (Å²) >= 11 is 4.20. The summed E-state index contributed by atoms with van der Waals surface area (Å²) in [7, 11) is -3.28. The highest BCUT2D eigenvalue weighted by Crippen LogP contribution is 2.45. The first kappa shape index (κ1) is 23.6. The molecule has 1 aromatic rings. The lowest BCUT2D eigenvalue weighted by molar-refractivity contribution is 0.562. The largest absolute Gasteiger partial charge is 0.224 e. The number of hydrogen-bond acceptors (Lipinski definition) is 4. The van der Waals surface area contributed by atoms with E-state index >= 15 is 0 Å². The fourth-order valence-electron chi connectivity index (χ4n) is 3.37. The molecule has 5 heteroatoms. The maximum absolute atomic E-state index is 12.7. The smallest absolute Gasteiger partial charge is 0.178 e. The summed E-state index contributed by atoms with van der Waals surface area (Å²) in [5.74, 6) is 2.70. The van der Waals surface area contributed by atoms with Crippen LogP contribution in [0.25, 0.3) is 0 Å². The van der Waals surface area contributed by atoms with Crippen LogP contribution in [-0.4, -0.2) is 29.8 Å². The molecule has 1 fully saturated rings. The lowest BCUT2D eigenvalue weighted by Crippen LogP contribution is -2.20. The summed E-state index contributed by atoms with van der Waals surface area (Å²) in [6.45, 7) is 10.5. The molecule has 0 spiro atoms. The van der Waals surface area contributed by atoms with Crippen LogP contribution >= 0.6 is 23.5 Å². The third-order valence-corrected chi connectivity index (χ3v) is 10.5. The van der Waals surface area contributed by atoms with Gasteiger partial charge >= 0.3 is 0 Å². The molecule has 156 valence electrons. The van der Waals surface area contributed by atoms with Gasteiger partial charge in [-0.05, 0) is 82.4 Å². The van der Waals surface area contributed by atoms with Gasteiger partial charge in [-0.2, -0.15) is 0 Å². The molecule has 0 N–H and O–H groups in total. The Kier molecular flexibility index (Phi) is 9.23. The van der Waals surface area contributed by atoms with Gasteiger partial charge in [0.25, 0.3) is 0 Å². The molecule has 28 heavy (non-hydrogen) atoms.